The van der Waals surface area contributed by atoms with Gasteiger partial charge in [-0.2, -0.15) is 22.7 Å². The summed E-state index contributed by atoms with van der Waals surface area (Å²) in [5.41, 5.74) is -0.175. The van der Waals surface area contributed by atoms with Crippen LogP contribution in [0.2, 0.25) is 0 Å². The molecular formula is C26H31F4N7O3. The summed E-state index contributed by atoms with van der Waals surface area (Å²) in [5, 5.41) is 16.9. The van der Waals surface area contributed by atoms with Crippen molar-refractivity contribution < 1.29 is 31.7 Å². The van der Waals surface area contributed by atoms with Gasteiger partial charge in [0.2, 0.25) is 5.91 Å². The first kappa shape index (κ1) is 27.8. The van der Waals surface area contributed by atoms with E-state index in [1.165, 1.54) is 19.3 Å². The van der Waals surface area contributed by atoms with Gasteiger partial charge in [-0.3, -0.25) is 19.0 Å². The molecule has 2 saturated carbocycles. The van der Waals surface area contributed by atoms with Crippen molar-refractivity contribution in [2.24, 2.45) is 17.8 Å². The van der Waals surface area contributed by atoms with E-state index in [1.54, 1.807) is 10.7 Å². The van der Waals surface area contributed by atoms with Crippen molar-refractivity contribution in [1.29, 1.82) is 0 Å². The molecular weight excluding hydrogens is 534 g/mol. The van der Waals surface area contributed by atoms with E-state index in [0.29, 0.717) is 5.69 Å². The standard InChI is InChI=1S/C26H31F4N7O3/c1-13(2)37-20(8-9-31-37)24(38)33-22(21(15-4-5-15)16-6-7-16)25(39)32-19-11-36(34-23(19)27)14(3)17-12-40-35-18(17)10-26(28,29)30/h8-9,11-16,21-22H,4-7,10H2,1-3H3,(H,32,39)(H,33,38)/t14?,22-/m0/s1. The van der Waals surface area contributed by atoms with Gasteiger partial charge >= 0.3 is 6.18 Å². The second kappa shape index (κ2) is 10.7. The molecule has 10 nitrogen and oxygen atoms in total. The van der Waals surface area contributed by atoms with Crippen molar-refractivity contribution >= 4 is 17.5 Å². The molecule has 3 aromatic rings. The van der Waals surface area contributed by atoms with Crippen LogP contribution in [0.4, 0.5) is 23.2 Å². The number of rotatable bonds is 11. The molecule has 2 N–H and O–H groups in total. The Morgan fingerprint density at radius 1 is 1.15 bits per heavy atom. The Morgan fingerprint density at radius 2 is 1.82 bits per heavy atom. The maximum Gasteiger partial charge on any atom is 0.394 e. The van der Waals surface area contributed by atoms with Gasteiger partial charge in [0.15, 0.2) is 0 Å². The molecule has 0 aromatic carbocycles. The molecule has 40 heavy (non-hydrogen) atoms. The SMILES string of the molecule is CC(c1conc1CC(F)(F)F)n1cc(NC(=O)[C@@H](NC(=O)c2ccnn2C(C)C)C(C2CC2)C2CC2)c(F)n1. The third-order valence-corrected chi connectivity index (χ3v) is 7.51. The highest BCUT2D eigenvalue weighted by Crippen LogP contribution is 2.51. The summed E-state index contributed by atoms with van der Waals surface area (Å²) in [6.07, 6.45) is 1.78. The fraction of sp³-hybridized carbons (Fsp3) is 0.577. The van der Waals surface area contributed by atoms with Gasteiger partial charge in [0, 0.05) is 17.8 Å². The Morgan fingerprint density at radius 3 is 2.42 bits per heavy atom. The average molecular weight is 566 g/mol. The van der Waals surface area contributed by atoms with Crippen molar-refractivity contribution in [3.8, 4) is 0 Å². The molecule has 2 atom stereocenters. The lowest BCUT2D eigenvalue weighted by Crippen LogP contribution is -2.50. The first-order valence-electron chi connectivity index (χ1n) is 13.3. The number of alkyl halides is 3. The number of halogens is 4. The topological polar surface area (TPSA) is 120 Å². The van der Waals surface area contributed by atoms with Crippen LogP contribution in [0.15, 0.2) is 29.2 Å². The quantitative estimate of drug-likeness (QED) is 0.326. The molecule has 3 aromatic heterocycles. The minimum Gasteiger partial charge on any atom is -0.364 e. The number of carbonyl (C=O) groups is 2. The van der Waals surface area contributed by atoms with E-state index in [2.05, 4.69) is 26.0 Å². The molecule has 216 valence electrons. The van der Waals surface area contributed by atoms with Crippen molar-refractivity contribution in [2.75, 3.05) is 5.32 Å². The third-order valence-electron chi connectivity index (χ3n) is 7.51. The Bertz CT molecular complexity index is 1360. The molecule has 2 fully saturated rings. The third kappa shape index (κ3) is 6.04. The van der Waals surface area contributed by atoms with Gasteiger partial charge in [-0.1, -0.05) is 5.16 Å². The van der Waals surface area contributed by atoms with Gasteiger partial charge in [0.1, 0.15) is 23.7 Å². The molecule has 0 aliphatic heterocycles. The summed E-state index contributed by atoms with van der Waals surface area (Å²) < 4.78 is 61.1. The van der Waals surface area contributed by atoms with E-state index < -0.39 is 42.4 Å². The van der Waals surface area contributed by atoms with Gasteiger partial charge in [-0.25, -0.2) is 0 Å². The van der Waals surface area contributed by atoms with Crippen LogP contribution in [0.3, 0.4) is 0 Å². The van der Waals surface area contributed by atoms with Crippen molar-refractivity contribution in [2.45, 2.75) is 77.2 Å². The zero-order chi connectivity index (χ0) is 28.8. The minimum atomic E-state index is -4.51. The number of aromatic nitrogens is 5. The molecule has 5 rings (SSSR count). The highest BCUT2D eigenvalue weighted by Gasteiger charge is 2.48. The summed E-state index contributed by atoms with van der Waals surface area (Å²) in [5.74, 6) is -1.57. The normalized spacial score (nSPS) is 17.3. The van der Waals surface area contributed by atoms with Crippen LogP contribution in [-0.2, 0) is 11.2 Å². The predicted octanol–water partition coefficient (Wildman–Crippen LogP) is 4.68. The van der Waals surface area contributed by atoms with Crippen molar-refractivity contribution in [3.05, 3.63) is 47.6 Å². The molecule has 2 amide bonds. The van der Waals surface area contributed by atoms with Gasteiger partial charge in [0.05, 0.1) is 24.4 Å². The molecule has 2 aliphatic rings. The molecule has 2 aliphatic carbocycles. The van der Waals surface area contributed by atoms with Gasteiger partial charge < -0.3 is 15.2 Å². The summed E-state index contributed by atoms with van der Waals surface area (Å²) >= 11 is 0. The van der Waals surface area contributed by atoms with Crippen LogP contribution < -0.4 is 10.6 Å². The van der Waals surface area contributed by atoms with E-state index >= 15 is 0 Å². The number of hydrogen-bond acceptors (Lipinski definition) is 6. The van der Waals surface area contributed by atoms with Crippen LogP contribution in [0, 0.1) is 23.7 Å². The van der Waals surface area contributed by atoms with Gasteiger partial charge in [0.25, 0.3) is 11.9 Å². The Balaban J connectivity index is 1.36. The number of nitrogens with zero attached hydrogens (tertiary/aromatic N) is 5. The maximum absolute atomic E-state index is 14.9. The second-order valence-corrected chi connectivity index (χ2v) is 10.9. The van der Waals surface area contributed by atoms with Crippen LogP contribution >= 0.6 is 0 Å². The minimum absolute atomic E-state index is 0.0744. The molecule has 14 heteroatoms. The number of carbonyl (C=O) groups excluding carboxylic acids is 2. The maximum atomic E-state index is 14.9. The summed E-state index contributed by atoms with van der Waals surface area (Å²) in [6, 6.07) is -0.272. The lowest BCUT2D eigenvalue weighted by atomic mass is 9.88. The molecule has 0 bridgehead atoms. The van der Waals surface area contributed by atoms with E-state index in [0.717, 1.165) is 36.6 Å². The number of amides is 2. The fourth-order valence-corrected chi connectivity index (χ4v) is 5.28. The predicted molar refractivity (Wildman–Crippen MR) is 134 cm³/mol. The molecule has 1 unspecified atom stereocenters. The lowest BCUT2D eigenvalue weighted by Gasteiger charge is -2.27. The van der Waals surface area contributed by atoms with Crippen molar-refractivity contribution in [1.82, 2.24) is 30.0 Å². The zero-order valence-electron chi connectivity index (χ0n) is 22.3. The first-order chi connectivity index (χ1) is 18.9. The summed E-state index contributed by atoms with van der Waals surface area (Å²) in [4.78, 5) is 26.9. The van der Waals surface area contributed by atoms with Crippen LogP contribution in [0.1, 0.15) is 80.3 Å². The summed E-state index contributed by atoms with van der Waals surface area (Å²) in [7, 11) is 0. The molecule has 3 heterocycles. The Hall–Kier alpha value is -3.71. The highest BCUT2D eigenvalue weighted by atomic mass is 19.4. The van der Waals surface area contributed by atoms with Crippen molar-refractivity contribution in [3.63, 3.8) is 0 Å². The van der Waals surface area contributed by atoms with Gasteiger partial charge in [-0.05, 0) is 70.3 Å². The van der Waals surface area contributed by atoms with E-state index in [9.17, 15) is 27.2 Å². The molecule has 0 radical (unpaired) electrons. The van der Waals surface area contributed by atoms with E-state index in [-0.39, 0.29) is 40.7 Å². The Kier molecular flexibility index (Phi) is 7.44. The lowest BCUT2D eigenvalue weighted by molar-refractivity contribution is -0.128. The second-order valence-electron chi connectivity index (χ2n) is 10.9. The zero-order valence-corrected chi connectivity index (χ0v) is 22.3. The monoisotopic (exact) mass is 565 g/mol. The van der Waals surface area contributed by atoms with Crippen LogP contribution in [0.5, 0.6) is 0 Å². The van der Waals surface area contributed by atoms with Crippen LogP contribution in [0.25, 0.3) is 0 Å². The fourth-order valence-electron chi connectivity index (χ4n) is 5.28. The largest absolute Gasteiger partial charge is 0.394 e. The Labute approximate surface area is 227 Å². The molecule has 0 saturated heterocycles. The van der Waals surface area contributed by atoms with Crippen LogP contribution in [-0.4, -0.2) is 48.8 Å². The highest BCUT2D eigenvalue weighted by molar-refractivity contribution is 6.00. The van der Waals surface area contributed by atoms with E-state index in [4.69, 9.17) is 4.52 Å². The number of anilines is 1. The smallest absolute Gasteiger partial charge is 0.364 e. The number of nitrogens with one attached hydrogen (secondary N) is 2. The summed E-state index contributed by atoms with van der Waals surface area (Å²) in [6.45, 7) is 5.29. The van der Waals surface area contributed by atoms with Gasteiger partial charge in [-0.15, -0.1) is 5.10 Å². The average Bonchev–Trinajstić information content (AvgIpc) is 3.76. The molecule has 0 spiro atoms. The first-order valence-corrected chi connectivity index (χ1v) is 13.3. The van der Waals surface area contributed by atoms with E-state index in [1.807, 2.05) is 13.8 Å². The number of hydrogen-bond donors (Lipinski definition) is 2.